The summed E-state index contributed by atoms with van der Waals surface area (Å²) in [5.41, 5.74) is 9.24. The molecule has 11 nitrogen and oxygen atoms in total. The molecule has 2 aliphatic heterocycles. The minimum atomic E-state index is -1.02. The maximum absolute atomic E-state index is 15.2. The second kappa shape index (κ2) is 15.4. The summed E-state index contributed by atoms with van der Waals surface area (Å²) in [5.74, 6) is 0.322. The summed E-state index contributed by atoms with van der Waals surface area (Å²) < 4.78 is 15.9. The molecular weight excluding hydrogens is 763 g/mol. The molecule has 0 saturated carbocycles. The molecule has 5 heterocycles. The first-order chi connectivity index (χ1) is 27.3. The fourth-order valence-electron chi connectivity index (χ4n) is 8.70. The minimum absolute atomic E-state index is 0.162. The minimum Gasteiger partial charge on any atom is -0.494 e. The van der Waals surface area contributed by atoms with E-state index in [0.29, 0.717) is 67.5 Å². The normalized spacial score (nSPS) is 16.2. The molecule has 1 saturated heterocycles. The molecule has 1 N–H and O–H groups in total. The zero-order chi connectivity index (χ0) is 40.3. The maximum atomic E-state index is 15.2. The lowest BCUT2D eigenvalue weighted by Crippen LogP contribution is -2.42. The standard InChI is InChI=1S/C44H46Cl2N6O5/c1-24-18-30(19-25(2)40(24)46)57-15-7-8-31-32-10-11-34(45)39(38-27(4)47-37(48-28(38)5)23-50-13-16-56-17-14-50)41(32)52-26(3)21-51(43(53)42(31)52)36-22-49(6)35-12-9-29(44(54)55)20-33(35)36/h9-12,18-20,22,26H,7-8,13-17,21,23H2,1-6H3,(H,54,55). The van der Waals surface area contributed by atoms with Crippen LogP contribution < -0.4 is 9.64 Å². The highest BCUT2D eigenvalue weighted by Gasteiger charge is 2.37. The lowest BCUT2D eigenvalue weighted by atomic mass is 9.97. The molecule has 296 valence electrons. The van der Waals surface area contributed by atoms with E-state index in [-0.39, 0.29) is 17.5 Å². The largest absolute Gasteiger partial charge is 0.494 e. The number of hydrogen-bond acceptors (Lipinski definition) is 7. The number of carbonyl (C=O) groups excluding carboxylic acids is 1. The van der Waals surface area contributed by atoms with Gasteiger partial charge in [-0.15, -0.1) is 0 Å². The molecule has 1 unspecified atom stereocenters. The van der Waals surface area contributed by atoms with Crippen molar-refractivity contribution in [3.63, 3.8) is 0 Å². The van der Waals surface area contributed by atoms with Crippen LogP contribution in [-0.2, 0) is 24.8 Å². The predicted molar refractivity (Wildman–Crippen MR) is 225 cm³/mol. The second-order valence-corrected chi connectivity index (χ2v) is 16.1. The van der Waals surface area contributed by atoms with E-state index in [1.54, 1.807) is 23.1 Å². The molecule has 13 heteroatoms. The summed E-state index contributed by atoms with van der Waals surface area (Å²) in [4.78, 5) is 41.3. The van der Waals surface area contributed by atoms with Crippen molar-refractivity contribution in [1.29, 1.82) is 0 Å². The van der Waals surface area contributed by atoms with Gasteiger partial charge >= 0.3 is 5.97 Å². The molecule has 0 radical (unpaired) electrons. The molecule has 8 rings (SSSR count). The number of amides is 1. The Morgan fingerprint density at radius 2 is 1.67 bits per heavy atom. The predicted octanol–water partition coefficient (Wildman–Crippen LogP) is 8.89. The third-order valence-electron chi connectivity index (χ3n) is 11.3. The van der Waals surface area contributed by atoms with Crippen molar-refractivity contribution in [1.82, 2.24) is 24.0 Å². The molecule has 1 fully saturated rings. The van der Waals surface area contributed by atoms with Gasteiger partial charge < -0.3 is 28.6 Å². The van der Waals surface area contributed by atoms with Crippen LogP contribution in [0.3, 0.4) is 0 Å². The van der Waals surface area contributed by atoms with Crippen molar-refractivity contribution >= 4 is 62.6 Å². The molecule has 1 atom stereocenters. The molecule has 3 aromatic heterocycles. The van der Waals surface area contributed by atoms with Crippen molar-refractivity contribution < 1.29 is 24.2 Å². The molecule has 0 bridgehead atoms. The quantitative estimate of drug-likeness (QED) is 0.137. The van der Waals surface area contributed by atoms with Crippen LogP contribution in [0.4, 0.5) is 5.69 Å². The first-order valence-electron chi connectivity index (χ1n) is 19.4. The van der Waals surface area contributed by atoms with Crippen LogP contribution in [0.1, 0.15) is 74.1 Å². The summed E-state index contributed by atoms with van der Waals surface area (Å²) in [7, 11) is 1.91. The Bertz CT molecular complexity index is 2540. The van der Waals surface area contributed by atoms with Gasteiger partial charge in [0.05, 0.1) is 48.2 Å². The summed E-state index contributed by atoms with van der Waals surface area (Å²) in [6.45, 7) is 14.5. The van der Waals surface area contributed by atoms with E-state index < -0.39 is 5.97 Å². The number of anilines is 1. The van der Waals surface area contributed by atoms with Gasteiger partial charge in [0.15, 0.2) is 0 Å². The average Bonchev–Trinajstić information content (AvgIpc) is 3.69. The number of rotatable bonds is 10. The number of carboxylic acids is 1. The number of hydrogen-bond donors (Lipinski definition) is 1. The summed E-state index contributed by atoms with van der Waals surface area (Å²) in [5, 5.41) is 12.8. The van der Waals surface area contributed by atoms with Gasteiger partial charge in [0, 0.05) is 82.7 Å². The Hall–Kier alpha value is -4.94. The Kier molecular flexibility index (Phi) is 10.5. The lowest BCUT2D eigenvalue weighted by molar-refractivity contribution is 0.0330. The van der Waals surface area contributed by atoms with Gasteiger partial charge in [-0.1, -0.05) is 29.3 Å². The third kappa shape index (κ3) is 7.05. The van der Waals surface area contributed by atoms with Crippen molar-refractivity contribution in [3.05, 3.63) is 104 Å². The van der Waals surface area contributed by atoms with Gasteiger partial charge in [0.25, 0.3) is 5.91 Å². The first-order valence-corrected chi connectivity index (χ1v) is 20.1. The molecule has 6 aromatic rings. The monoisotopic (exact) mass is 808 g/mol. The highest BCUT2D eigenvalue weighted by molar-refractivity contribution is 6.35. The van der Waals surface area contributed by atoms with Crippen LogP contribution in [-0.4, -0.2) is 80.4 Å². The van der Waals surface area contributed by atoms with E-state index in [4.69, 9.17) is 42.6 Å². The Morgan fingerprint density at radius 3 is 2.35 bits per heavy atom. The van der Waals surface area contributed by atoms with Gasteiger partial charge in [0.2, 0.25) is 0 Å². The van der Waals surface area contributed by atoms with Gasteiger partial charge in [-0.25, -0.2) is 14.8 Å². The highest BCUT2D eigenvalue weighted by Crippen LogP contribution is 2.45. The van der Waals surface area contributed by atoms with Crippen LogP contribution in [0, 0.1) is 27.7 Å². The van der Waals surface area contributed by atoms with Gasteiger partial charge in [-0.3, -0.25) is 9.69 Å². The van der Waals surface area contributed by atoms with E-state index in [1.165, 1.54) is 0 Å². The van der Waals surface area contributed by atoms with E-state index in [0.717, 1.165) is 85.3 Å². The van der Waals surface area contributed by atoms with Crippen LogP contribution in [0.2, 0.25) is 10.0 Å². The van der Waals surface area contributed by atoms with E-state index >= 15 is 4.79 Å². The number of aromatic carboxylic acids is 1. The number of halogens is 2. The number of ether oxygens (including phenoxy) is 2. The van der Waals surface area contributed by atoms with Crippen LogP contribution in [0.25, 0.3) is 32.9 Å². The average molecular weight is 810 g/mol. The Labute approximate surface area is 341 Å². The summed E-state index contributed by atoms with van der Waals surface area (Å²) >= 11 is 13.6. The lowest BCUT2D eigenvalue weighted by Gasteiger charge is -2.34. The summed E-state index contributed by atoms with van der Waals surface area (Å²) in [6.07, 6.45) is 3.11. The second-order valence-electron chi connectivity index (χ2n) is 15.3. The zero-order valence-corrected chi connectivity index (χ0v) is 34.6. The smallest absolute Gasteiger partial charge is 0.335 e. The molecule has 2 aliphatic rings. The highest BCUT2D eigenvalue weighted by atomic mass is 35.5. The number of carboxylic acid groups (broad SMARTS) is 1. The number of fused-ring (bicyclic) bond motifs is 4. The summed E-state index contributed by atoms with van der Waals surface area (Å²) in [6, 6.07) is 12.7. The number of aromatic nitrogens is 4. The van der Waals surface area contributed by atoms with Crippen molar-refractivity contribution in [3.8, 4) is 16.9 Å². The first kappa shape index (κ1) is 38.9. The van der Waals surface area contributed by atoms with E-state index in [2.05, 4.69) is 16.4 Å². The van der Waals surface area contributed by atoms with Crippen LogP contribution in [0.5, 0.6) is 5.75 Å². The Morgan fingerprint density at radius 1 is 0.965 bits per heavy atom. The fourth-order valence-corrected chi connectivity index (χ4v) is 9.05. The zero-order valence-electron chi connectivity index (χ0n) is 33.1. The molecular formula is C44H46Cl2N6O5. The van der Waals surface area contributed by atoms with Crippen molar-refractivity contribution in [2.45, 2.75) is 60.0 Å². The van der Waals surface area contributed by atoms with Gasteiger partial charge in [0.1, 0.15) is 17.3 Å². The molecule has 0 aliphatic carbocycles. The number of aryl methyl sites for hydroxylation is 6. The molecule has 57 heavy (non-hydrogen) atoms. The molecule has 1 amide bonds. The van der Waals surface area contributed by atoms with Crippen molar-refractivity contribution in [2.75, 3.05) is 44.4 Å². The number of carbonyl (C=O) groups is 2. The third-order valence-corrected chi connectivity index (χ3v) is 12.3. The van der Waals surface area contributed by atoms with Crippen LogP contribution >= 0.6 is 23.2 Å². The SMILES string of the molecule is Cc1cc(OCCCc2c3n(c4c(-c5c(C)nc(CN6CCOCC6)nc5C)c(Cl)ccc24)C(C)CN(c2cn(C)c4ccc(C(=O)O)cc24)C3=O)cc(C)c1Cl. The maximum Gasteiger partial charge on any atom is 0.335 e. The molecule has 3 aromatic carbocycles. The number of benzene rings is 3. The number of morpholine rings is 1. The molecule has 0 spiro atoms. The van der Waals surface area contributed by atoms with Crippen molar-refractivity contribution in [2.24, 2.45) is 7.05 Å². The van der Waals surface area contributed by atoms with Gasteiger partial charge in [-0.2, -0.15) is 0 Å². The number of nitrogens with zero attached hydrogens (tertiary/aromatic N) is 6. The topological polar surface area (TPSA) is 115 Å². The van der Waals surface area contributed by atoms with E-state index in [1.807, 2.05) is 69.8 Å². The van der Waals surface area contributed by atoms with E-state index in [9.17, 15) is 9.90 Å². The van der Waals surface area contributed by atoms with Gasteiger partial charge in [-0.05, 0) is 101 Å². The van der Waals surface area contributed by atoms with Crippen LogP contribution in [0.15, 0.2) is 48.7 Å². The fraction of sp³-hybridized carbons (Fsp3) is 0.364. The Balaban J connectivity index is 1.25.